The number of carboxylic acid groups (broad SMARTS) is 2. The molecule has 1 rings (SSSR count). The molecule has 28 heavy (non-hydrogen) atoms. The number of hydrogen-bond donors (Lipinski definition) is 5. The molecule has 0 fully saturated rings. The van der Waals surface area contributed by atoms with Crippen LogP contribution in [-0.2, 0) is 25.6 Å². The lowest BCUT2D eigenvalue weighted by Crippen LogP contribution is -2.55. The second-order valence-electron chi connectivity index (χ2n) is 6.98. The van der Waals surface area contributed by atoms with E-state index in [9.17, 15) is 24.3 Å². The molecule has 0 radical (unpaired) electrons. The summed E-state index contributed by atoms with van der Waals surface area (Å²) in [5, 5.41) is 23.0. The van der Waals surface area contributed by atoms with Gasteiger partial charge in [0.2, 0.25) is 11.8 Å². The van der Waals surface area contributed by atoms with Crippen molar-refractivity contribution in [2.75, 3.05) is 0 Å². The molecule has 154 valence electrons. The summed E-state index contributed by atoms with van der Waals surface area (Å²) in [5.74, 6) is -3.86. The van der Waals surface area contributed by atoms with Gasteiger partial charge in [0.15, 0.2) is 0 Å². The molecule has 0 aromatic heterocycles. The van der Waals surface area contributed by atoms with Gasteiger partial charge in [0.1, 0.15) is 12.1 Å². The van der Waals surface area contributed by atoms with E-state index in [2.05, 4.69) is 10.6 Å². The molecule has 3 unspecified atom stereocenters. The number of nitrogens with two attached hydrogens (primary N) is 1. The molecule has 0 aliphatic heterocycles. The van der Waals surface area contributed by atoms with Crippen molar-refractivity contribution >= 4 is 23.8 Å². The van der Waals surface area contributed by atoms with Crippen LogP contribution in [0.2, 0.25) is 0 Å². The Morgan fingerprint density at radius 3 is 2.04 bits per heavy atom. The predicted octanol–water partition coefficient (Wildman–Crippen LogP) is 0.131. The third-order valence-corrected chi connectivity index (χ3v) is 3.97. The molecular weight excluding hydrogens is 366 g/mol. The second kappa shape index (κ2) is 11.0. The van der Waals surface area contributed by atoms with Crippen molar-refractivity contribution in [3.8, 4) is 0 Å². The Kier molecular flexibility index (Phi) is 9.10. The van der Waals surface area contributed by atoms with E-state index in [0.717, 1.165) is 5.56 Å². The van der Waals surface area contributed by atoms with Crippen molar-refractivity contribution in [3.63, 3.8) is 0 Å². The molecule has 1 aromatic rings. The third kappa shape index (κ3) is 8.17. The van der Waals surface area contributed by atoms with Gasteiger partial charge in [-0.05, 0) is 17.9 Å². The van der Waals surface area contributed by atoms with Gasteiger partial charge in [0, 0.05) is 6.42 Å². The van der Waals surface area contributed by atoms with E-state index in [-0.39, 0.29) is 18.8 Å². The maximum absolute atomic E-state index is 12.6. The van der Waals surface area contributed by atoms with Gasteiger partial charge >= 0.3 is 11.9 Å². The largest absolute Gasteiger partial charge is 0.481 e. The Labute approximate surface area is 163 Å². The first-order valence-corrected chi connectivity index (χ1v) is 8.95. The summed E-state index contributed by atoms with van der Waals surface area (Å²) in [6.45, 7) is 3.67. The second-order valence-corrected chi connectivity index (χ2v) is 6.98. The van der Waals surface area contributed by atoms with Crippen molar-refractivity contribution in [1.82, 2.24) is 10.6 Å². The number of carbonyl (C=O) groups excluding carboxylic acids is 2. The highest BCUT2D eigenvalue weighted by Crippen LogP contribution is 2.08. The van der Waals surface area contributed by atoms with Crippen molar-refractivity contribution in [2.24, 2.45) is 11.7 Å². The van der Waals surface area contributed by atoms with E-state index in [1.54, 1.807) is 30.3 Å². The van der Waals surface area contributed by atoms with Gasteiger partial charge in [-0.1, -0.05) is 44.2 Å². The van der Waals surface area contributed by atoms with Gasteiger partial charge in [-0.25, -0.2) is 4.79 Å². The maximum Gasteiger partial charge on any atom is 0.326 e. The first-order valence-electron chi connectivity index (χ1n) is 8.95. The first kappa shape index (κ1) is 23.1. The van der Waals surface area contributed by atoms with Crippen molar-refractivity contribution in [3.05, 3.63) is 35.9 Å². The van der Waals surface area contributed by atoms with E-state index >= 15 is 0 Å². The predicted molar refractivity (Wildman–Crippen MR) is 101 cm³/mol. The van der Waals surface area contributed by atoms with Crippen LogP contribution in [0.25, 0.3) is 0 Å². The number of hydrogen-bond acceptors (Lipinski definition) is 5. The highest BCUT2D eigenvalue weighted by molar-refractivity contribution is 5.93. The Morgan fingerprint density at radius 1 is 0.964 bits per heavy atom. The van der Waals surface area contributed by atoms with Crippen LogP contribution in [0.4, 0.5) is 0 Å². The molecular formula is C19H27N3O6. The monoisotopic (exact) mass is 393 g/mol. The van der Waals surface area contributed by atoms with Crippen LogP contribution in [0.1, 0.15) is 32.3 Å². The fraction of sp³-hybridized carbons (Fsp3) is 0.474. The zero-order valence-corrected chi connectivity index (χ0v) is 15.9. The topological polar surface area (TPSA) is 159 Å². The van der Waals surface area contributed by atoms with E-state index in [0.29, 0.717) is 0 Å². The summed E-state index contributed by atoms with van der Waals surface area (Å²) in [5.41, 5.74) is 6.27. The standard InChI is InChI=1S/C19H27N3O6/c1-11(2)8-14(21-17(25)13(20)10-16(23)24)18(26)22-15(19(27)28)9-12-6-4-3-5-7-12/h3-7,11,13-15H,8-10,20H2,1-2H3,(H,21,25)(H,22,26)(H,23,24)(H,27,28). The molecule has 0 saturated heterocycles. The van der Waals surface area contributed by atoms with Gasteiger partial charge in [-0.2, -0.15) is 0 Å². The lowest BCUT2D eigenvalue weighted by Gasteiger charge is -2.24. The summed E-state index contributed by atoms with van der Waals surface area (Å²) < 4.78 is 0. The van der Waals surface area contributed by atoms with Gasteiger partial charge in [0.05, 0.1) is 12.5 Å². The quantitative estimate of drug-likeness (QED) is 0.357. The molecule has 0 spiro atoms. The molecule has 0 bridgehead atoms. The Bertz CT molecular complexity index is 692. The van der Waals surface area contributed by atoms with Crippen LogP contribution in [0, 0.1) is 5.92 Å². The number of carboxylic acids is 2. The number of rotatable bonds is 11. The zero-order chi connectivity index (χ0) is 21.3. The average Bonchev–Trinajstić information content (AvgIpc) is 2.60. The van der Waals surface area contributed by atoms with Crippen LogP contribution in [0.3, 0.4) is 0 Å². The smallest absolute Gasteiger partial charge is 0.326 e. The molecule has 0 aliphatic rings. The number of amides is 2. The highest BCUT2D eigenvalue weighted by atomic mass is 16.4. The summed E-state index contributed by atoms with van der Waals surface area (Å²) in [6.07, 6.45) is -0.245. The molecule has 0 saturated carbocycles. The molecule has 9 nitrogen and oxygen atoms in total. The van der Waals surface area contributed by atoms with Crippen LogP contribution < -0.4 is 16.4 Å². The van der Waals surface area contributed by atoms with Gasteiger partial charge in [0.25, 0.3) is 0 Å². The van der Waals surface area contributed by atoms with E-state index in [1.807, 2.05) is 13.8 Å². The number of benzene rings is 1. The van der Waals surface area contributed by atoms with Crippen LogP contribution in [0.15, 0.2) is 30.3 Å². The third-order valence-electron chi connectivity index (χ3n) is 3.97. The number of aliphatic carboxylic acids is 2. The average molecular weight is 393 g/mol. The highest BCUT2D eigenvalue weighted by Gasteiger charge is 2.29. The Balaban J connectivity index is 2.84. The van der Waals surface area contributed by atoms with Crippen molar-refractivity contribution in [2.45, 2.75) is 51.2 Å². The van der Waals surface area contributed by atoms with E-state index < -0.39 is 48.3 Å². The summed E-state index contributed by atoms with van der Waals surface area (Å²) >= 11 is 0. The molecule has 3 atom stereocenters. The SMILES string of the molecule is CC(C)CC(NC(=O)C(N)CC(=O)O)C(=O)NC(Cc1ccccc1)C(=O)O. The molecule has 2 amide bonds. The van der Waals surface area contributed by atoms with Gasteiger partial charge in [-0.3, -0.25) is 14.4 Å². The van der Waals surface area contributed by atoms with Crippen molar-refractivity contribution in [1.29, 1.82) is 0 Å². The molecule has 0 heterocycles. The molecule has 1 aromatic carbocycles. The molecule has 9 heteroatoms. The van der Waals surface area contributed by atoms with Crippen LogP contribution in [0.5, 0.6) is 0 Å². The zero-order valence-electron chi connectivity index (χ0n) is 15.9. The lowest BCUT2D eigenvalue weighted by molar-refractivity contribution is -0.142. The molecule has 0 aliphatic carbocycles. The Hall–Kier alpha value is -2.94. The fourth-order valence-electron chi connectivity index (χ4n) is 2.58. The lowest BCUT2D eigenvalue weighted by atomic mass is 10.0. The van der Waals surface area contributed by atoms with Crippen LogP contribution >= 0.6 is 0 Å². The van der Waals surface area contributed by atoms with Crippen molar-refractivity contribution < 1.29 is 29.4 Å². The molecule has 6 N–H and O–H groups in total. The minimum Gasteiger partial charge on any atom is -0.481 e. The summed E-state index contributed by atoms with van der Waals surface area (Å²) in [4.78, 5) is 47.0. The number of nitrogens with one attached hydrogen (secondary N) is 2. The normalized spacial score (nSPS) is 14.0. The minimum absolute atomic E-state index is 0.0177. The maximum atomic E-state index is 12.6. The van der Waals surface area contributed by atoms with Gasteiger partial charge < -0.3 is 26.6 Å². The minimum atomic E-state index is -1.31. The summed E-state index contributed by atoms with van der Waals surface area (Å²) in [7, 11) is 0. The van der Waals surface area contributed by atoms with Gasteiger partial charge in [-0.15, -0.1) is 0 Å². The number of carbonyl (C=O) groups is 4. The fourth-order valence-corrected chi connectivity index (χ4v) is 2.58. The van der Waals surface area contributed by atoms with E-state index in [4.69, 9.17) is 10.8 Å². The first-order chi connectivity index (χ1) is 13.1. The van der Waals surface area contributed by atoms with E-state index in [1.165, 1.54) is 0 Å². The Morgan fingerprint density at radius 2 is 1.54 bits per heavy atom. The van der Waals surface area contributed by atoms with Crippen LogP contribution in [-0.4, -0.2) is 52.1 Å². The summed E-state index contributed by atoms with van der Waals surface area (Å²) in [6, 6.07) is 5.33.